The lowest BCUT2D eigenvalue weighted by atomic mass is 10.0. The number of hydrogen-bond donors (Lipinski definition) is 1. The highest BCUT2D eigenvalue weighted by Gasteiger charge is 2.23. The molecule has 0 aliphatic carbocycles. The van der Waals surface area contributed by atoms with Gasteiger partial charge in [-0.1, -0.05) is 0 Å². The molecule has 3 heterocycles. The second-order valence-corrected chi connectivity index (χ2v) is 6.58. The summed E-state index contributed by atoms with van der Waals surface area (Å²) in [7, 11) is 4.25. The lowest BCUT2D eigenvalue weighted by molar-refractivity contribution is 0.0989. The van der Waals surface area contributed by atoms with Crippen LogP contribution in [0, 0.1) is 0 Å². The molecule has 7 nitrogen and oxygen atoms in total. The third-order valence-electron chi connectivity index (χ3n) is 4.75. The number of piperidine rings is 1. The van der Waals surface area contributed by atoms with Crippen LogP contribution in [0.5, 0.6) is 0 Å². The number of nitrogens with two attached hydrogens (primary N) is 1. The van der Waals surface area contributed by atoms with Crippen LogP contribution in [0.1, 0.15) is 28.9 Å². The van der Waals surface area contributed by atoms with Crippen molar-refractivity contribution < 1.29 is 4.79 Å². The maximum atomic E-state index is 12.6. The van der Waals surface area contributed by atoms with Gasteiger partial charge in [0, 0.05) is 61.6 Å². The Hall–Kier alpha value is -2.54. The molecule has 2 aromatic heterocycles. The van der Waals surface area contributed by atoms with E-state index in [-0.39, 0.29) is 23.7 Å². The van der Waals surface area contributed by atoms with Crippen molar-refractivity contribution in [2.24, 2.45) is 0 Å². The smallest absolute Gasteiger partial charge is 0.189 e. The molecule has 2 N–H and O–H groups in total. The zero-order valence-corrected chi connectivity index (χ0v) is 14.7. The topological polar surface area (TPSA) is 88.2 Å². The number of aromatic nitrogens is 3. The maximum Gasteiger partial charge on any atom is 0.189 e. The summed E-state index contributed by atoms with van der Waals surface area (Å²) in [5, 5.41) is 0. The van der Waals surface area contributed by atoms with Crippen molar-refractivity contribution in [3.05, 3.63) is 42.1 Å². The summed E-state index contributed by atoms with van der Waals surface area (Å²) in [5.74, 6) is 0.0350. The van der Waals surface area contributed by atoms with Crippen molar-refractivity contribution in [1.29, 1.82) is 0 Å². The van der Waals surface area contributed by atoms with Gasteiger partial charge in [0.15, 0.2) is 11.6 Å². The predicted molar refractivity (Wildman–Crippen MR) is 97.6 cm³/mol. The van der Waals surface area contributed by atoms with E-state index in [1.807, 2.05) is 6.07 Å². The van der Waals surface area contributed by atoms with Crippen molar-refractivity contribution in [3.63, 3.8) is 0 Å². The number of rotatable bonds is 5. The van der Waals surface area contributed by atoms with E-state index >= 15 is 0 Å². The first kappa shape index (κ1) is 17.3. The molecular formula is C18H24N6O. The van der Waals surface area contributed by atoms with E-state index in [0.29, 0.717) is 6.04 Å². The summed E-state index contributed by atoms with van der Waals surface area (Å²) >= 11 is 0. The van der Waals surface area contributed by atoms with Crippen LogP contribution in [0.2, 0.25) is 0 Å². The van der Waals surface area contributed by atoms with Crippen LogP contribution in [0.25, 0.3) is 0 Å². The van der Waals surface area contributed by atoms with Crippen molar-refractivity contribution in [2.75, 3.05) is 37.8 Å². The number of Topliss-reactive ketones (excluding diaryl/α,β-unsaturated/α-hetero) is 1. The summed E-state index contributed by atoms with van der Waals surface area (Å²) < 4.78 is 0. The van der Waals surface area contributed by atoms with Crippen LogP contribution in [-0.2, 0) is 6.42 Å². The molecule has 0 saturated carbocycles. The predicted octanol–water partition coefficient (Wildman–Crippen LogP) is 1.41. The van der Waals surface area contributed by atoms with Crippen molar-refractivity contribution in [2.45, 2.75) is 25.3 Å². The van der Waals surface area contributed by atoms with Crippen LogP contribution in [0.4, 0.5) is 11.5 Å². The van der Waals surface area contributed by atoms with E-state index in [1.54, 1.807) is 12.4 Å². The minimum atomic E-state index is -0.136. The second kappa shape index (κ2) is 7.57. The van der Waals surface area contributed by atoms with Gasteiger partial charge in [-0.3, -0.25) is 9.78 Å². The number of anilines is 2. The van der Waals surface area contributed by atoms with E-state index in [4.69, 9.17) is 5.73 Å². The molecule has 0 spiro atoms. The van der Waals surface area contributed by atoms with Gasteiger partial charge >= 0.3 is 0 Å². The van der Waals surface area contributed by atoms with Gasteiger partial charge in [-0.15, -0.1) is 0 Å². The monoisotopic (exact) mass is 340 g/mol. The van der Waals surface area contributed by atoms with E-state index in [0.717, 1.165) is 37.2 Å². The number of ketones is 1. The average molecular weight is 340 g/mol. The Morgan fingerprint density at radius 3 is 2.64 bits per heavy atom. The second-order valence-electron chi connectivity index (χ2n) is 6.58. The quantitative estimate of drug-likeness (QED) is 0.823. The summed E-state index contributed by atoms with van der Waals surface area (Å²) in [4.78, 5) is 29.4. The number of nitrogens with zero attached hydrogens (tertiary/aromatic N) is 5. The molecule has 0 radical (unpaired) electrons. The van der Waals surface area contributed by atoms with Crippen LogP contribution >= 0.6 is 0 Å². The number of carbonyl (C=O) groups is 1. The van der Waals surface area contributed by atoms with E-state index < -0.39 is 0 Å². The summed E-state index contributed by atoms with van der Waals surface area (Å²) in [6.45, 7) is 1.95. The number of nitrogen functional groups attached to an aromatic ring is 1. The largest absolute Gasteiger partial charge is 0.382 e. The Morgan fingerprint density at radius 2 is 1.96 bits per heavy atom. The molecule has 1 aliphatic heterocycles. The Balaban J connectivity index is 1.76. The lowest BCUT2D eigenvalue weighted by Crippen LogP contribution is -2.42. The molecule has 1 saturated heterocycles. The Morgan fingerprint density at radius 1 is 1.24 bits per heavy atom. The number of hydrogen-bond acceptors (Lipinski definition) is 7. The SMILES string of the molecule is CN(C)C1CCN(c2ccncc2CC(=O)c2nccnc2N)CC1. The van der Waals surface area contributed by atoms with Gasteiger partial charge in [0.1, 0.15) is 5.69 Å². The van der Waals surface area contributed by atoms with Gasteiger partial charge < -0.3 is 15.5 Å². The third kappa shape index (κ3) is 3.93. The van der Waals surface area contributed by atoms with Crippen LogP contribution in [-0.4, -0.2) is 58.9 Å². The fraction of sp³-hybridized carbons (Fsp3) is 0.444. The fourth-order valence-corrected chi connectivity index (χ4v) is 3.31. The standard InChI is InChI=1S/C18H24N6O/c1-23(2)14-4-9-24(10-5-14)15-3-6-20-12-13(15)11-16(25)17-18(19)22-8-7-21-17/h3,6-8,12,14H,4-5,9-11H2,1-2H3,(H2,19,22). The molecule has 1 aliphatic rings. The Kier molecular flexibility index (Phi) is 5.23. The number of carbonyl (C=O) groups excluding carboxylic acids is 1. The molecule has 25 heavy (non-hydrogen) atoms. The van der Waals surface area contributed by atoms with Gasteiger partial charge in [0.05, 0.1) is 0 Å². The summed E-state index contributed by atoms with van der Waals surface area (Å²) in [5.41, 5.74) is 7.98. The van der Waals surface area contributed by atoms with E-state index in [1.165, 1.54) is 12.4 Å². The molecule has 0 atom stereocenters. The minimum Gasteiger partial charge on any atom is -0.382 e. The molecule has 1 fully saturated rings. The molecule has 0 unspecified atom stereocenters. The van der Waals surface area contributed by atoms with Crippen molar-refractivity contribution >= 4 is 17.3 Å². The van der Waals surface area contributed by atoms with Crippen LogP contribution in [0.15, 0.2) is 30.9 Å². The highest BCUT2D eigenvalue weighted by atomic mass is 16.1. The molecule has 0 aromatic carbocycles. The first-order valence-electron chi connectivity index (χ1n) is 8.50. The first-order valence-corrected chi connectivity index (χ1v) is 8.50. The zero-order chi connectivity index (χ0) is 17.8. The molecule has 0 amide bonds. The third-order valence-corrected chi connectivity index (χ3v) is 4.75. The molecule has 7 heteroatoms. The van der Waals surface area contributed by atoms with Gasteiger partial charge in [-0.05, 0) is 33.0 Å². The maximum absolute atomic E-state index is 12.6. The van der Waals surface area contributed by atoms with Gasteiger partial charge in [0.25, 0.3) is 0 Å². The number of pyridine rings is 1. The van der Waals surface area contributed by atoms with Gasteiger partial charge in [-0.25, -0.2) is 9.97 Å². The van der Waals surface area contributed by atoms with Crippen LogP contribution < -0.4 is 10.6 Å². The molecular weight excluding hydrogens is 316 g/mol. The minimum absolute atomic E-state index is 0.136. The Labute approximate surface area is 147 Å². The summed E-state index contributed by atoms with van der Waals surface area (Å²) in [6, 6.07) is 2.60. The first-order chi connectivity index (χ1) is 12.1. The van der Waals surface area contributed by atoms with E-state index in [2.05, 4.69) is 38.8 Å². The molecule has 0 bridgehead atoms. The van der Waals surface area contributed by atoms with Gasteiger partial charge in [-0.2, -0.15) is 0 Å². The Bertz CT molecular complexity index is 740. The molecule has 132 valence electrons. The highest BCUT2D eigenvalue weighted by molar-refractivity contribution is 5.99. The summed E-state index contributed by atoms with van der Waals surface area (Å²) in [6.07, 6.45) is 8.95. The molecule has 3 rings (SSSR count). The molecule has 2 aromatic rings. The van der Waals surface area contributed by atoms with Crippen LogP contribution in [0.3, 0.4) is 0 Å². The van der Waals surface area contributed by atoms with Gasteiger partial charge in [0.2, 0.25) is 0 Å². The normalized spacial score (nSPS) is 15.6. The highest BCUT2D eigenvalue weighted by Crippen LogP contribution is 2.26. The van der Waals surface area contributed by atoms with Crippen molar-refractivity contribution in [1.82, 2.24) is 19.9 Å². The lowest BCUT2D eigenvalue weighted by Gasteiger charge is -2.37. The fourth-order valence-electron chi connectivity index (χ4n) is 3.31. The van der Waals surface area contributed by atoms with Crippen molar-refractivity contribution in [3.8, 4) is 0 Å². The van der Waals surface area contributed by atoms with E-state index in [9.17, 15) is 4.79 Å². The average Bonchev–Trinajstić information content (AvgIpc) is 2.62. The zero-order valence-electron chi connectivity index (χ0n) is 14.7.